The second-order valence-electron chi connectivity index (χ2n) is 8.02. The summed E-state index contributed by atoms with van der Waals surface area (Å²) in [4.78, 5) is 39.2. The molecule has 1 saturated heterocycles. The van der Waals surface area contributed by atoms with Crippen molar-refractivity contribution in [3.05, 3.63) is 50.4 Å². The molecule has 1 aliphatic carbocycles. The number of aromatic hydroxyl groups is 1. The van der Waals surface area contributed by atoms with Crippen molar-refractivity contribution in [2.75, 3.05) is 33.4 Å². The van der Waals surface area contributed by atoms with Crippen molar-refractivity contribution in [2.45, 2.75) is 32.1 Å². The molecule has 0 bridgehead atoms. The first-order chi connectivity index (χ1) is 15.3. The first kappa shape index (κ1) is 21.8. The van der Waals surface area contributed by atoms with E-state index in [0.29, 0.717) is 68.0 Å². The van der Waals surface area contributed by atoms with Gasteiger partial charge in [0.2, 0.25) is 5.75 Å². The number of phenolic OH excluding ortho intramolecular Hbond substituents is 1. The summed E-state index contributed by atoms with van der Waals surface area (Å²) in [5.74, 6) is -1.83. The van der Waals surface area contributed by atoms with Gasteiger partial charge in [0.15, 0.2) is 11.5 Å². The Balaban J connectivity index is 1.91. The van der Waals surface area contributed by atoms with Crippen molar-refractivity contribution in [3.63, 3.8) is 0 Å². The molecule has 2 N–H and O–H groups in total. The molecule has 0 radical (unpaired) electrons. The third-order valence-electron chi connectivity index (χ3n) is 6.13. The Labute approximate surface area is 184 Å². The smallest absolute Gasteiger partial charge is 0.314 e. The minimum atomic E-state index is -0.803. The van der Waals surface area contributed by atoms with E-state index in [1.807, 2.05) is 0 Å². The number of hydrogen-bond acceptors (Lipinski definition) is 8. The van der Waals surface area contributed by atoms with Crippen LogP contribution in [-0.2, 0) is 14.3 Å². The summed E-state index contributed by atoms with van der Waals surface area (Å²) >= 11 is 0. The van der Waals surface area contributed by atoms with Crippen LogP contribution in [0.25, 0.3) is 0 Å². The number of carbonyl (C=O) groups is 2. The number of nitrogens with one attached hydrogen (secondary N) is 1. The lowest BCUT2D eigenvalue weighted by Gasteiger charge is -2.37. The number of carbonyl (C=O) groups excluding carboxylic acids is 2. The van der Waals surface area contributed by atoms with E-state index < -0.39 is 22.3 Å². The largest absolute Gasteiger partial charge is 0.500 e. The van der Waals surface area contributed by atoms with Gasteiger partial charge in [-0.1, -0.05) is 0 Å². The quantitative estimate of drug-likeness (QED) is 0.534. The Morgan fingerprint density at radius 2 is 2.03 bits per heavy atom. The summed E-state index contributed by atoms with van der Waals surface area (Å²) in [5, 5.41) is 25.1. The fraction of sp³-hybridized carbons (Fsp3) is 0.455. The van der Waals surface area contributed by atoms with E-state index in [4.69, 9.17) is 9.47 Å². The number of ketones is 1. The van der Waals surface area contributed by atoms with Crippen molar-refractivity contribution < 1.29 is 29.1 Å². The number of ether oxygens (including phenoxy) is 2. The first-order valence-electron chi connectivity index (χ1n) is 10.5. The standard InChI is InChI=1S/C22H25N3O7/c1-12-18(22(28)24-6-8-32-9-7-24)19(20-14(23-12)4-3-5-16(20)26)13-10-15(25(29)30)21(27)17(11-13)31-2/h10-11,19,23,27H,3-9H2,1-2H3. The number of nitro benzene ring substituents is 1. The number of morpholine rings is 1. The van der Waals surface area contributed by atoms with E-state index in [1.165, 1.54) is 19.2 Å². The minimum Gasteiger partial charge on any atom is -0.500 e. The lowest BCUT2D eigenvalue weighted by Crippen LogP contribution is -2.44. The van der Waals surface area contributed by atoms with Gasteiger partial charge >= 0.3 is 5.69 Å². The van der Waals surface area contributed by atoms with E-state index in [2.05, 4.69) is 5.32 Å². The van der Waals surface area contributed by atoms with Crippen molar-refractivity contribution >= 4 is 17.4 Å². The van der Waals surface area contributed by atoms with Gasteiger partial charge in [-0.15, -0.1) is 0 Å². The predicted molar refractivity (Wildman–Crippen MR) is 113 cm³/mol. The maximum Gasteiger partial charge on any atom is 0.314 e. The molecule has 4 rings (SSSR count). The van der Waals surface area contributed by atoms with Gasteiger partial charge in [-0.2, -0.15) is 0 Å². The van der Waals surface area contributed by atoms with E-state index in [9.17, 15) is 24.8 Å². The molecule has 0 spiro atoms. The zero-order valence-electron chi connectivity index (χ0n) is 18.0. The molecule has 1 amide bonds. The van der Waals surface area contributed by atoms with Gasteiger partial charge < -0.3 is 24.8 Å². The molecule has 10 heteroatoms. The zero-order valence-corrected chi connectivity index (χ0v) is 18.0. The number of nitrogens with zero attached hydrogens (tertiary/aromatic N) is 2. The maximum absolute atomic E-state index is 13.6. The van der Waals surface area contributed by atoms with Crippen LogP contribution in [-0.4, -0.2) is 60.0 Å². The molecule has 1 unspecified atom stereocenters. The molecular formula is C22H25N3O7. The summed E-state index contributed by atoms with van der Waals surface area (Å²) in [5.41, 5.74) is 1.96. The fourth-order valence-electron chi connectivity index (χ4n) is 4.61. The summed E-state index contributed by atoms with van der Waals surface area (Å²) in [6.07, 6.45) is 1.67. The number of hydrogen-bond donors (Lipinski definition) is 2. The number of nitro groups is 1. The molecule has 10 nitrogen and oxygen atoms in total. The van der Waals surface area contributed by atoms with Crippen LogP contribution in [0.3, 0.4) is 0 Å². The van der Waals surface area contributed by atoms with Gasteiger partial charge in [-0.3, -0.25) is 19.7 Å². The van der Waals surface area contributed by atoms with Gasteiger partial charge in [-0.25, -0.2) is 0 Å². The molecule has 1 aromatic carbocycles. The number of phenols is 1. The van der Waals surface area contributed by atoms with Gasteiger partial charge in [0.1, 0.15) is 0 Å². The average Bonchev–Trinajstić information content (AvgIpc) is 2.78. The summed E-state index contributed by atoms with van der Waals surface area (Å²) in [6, 6.07) is 2.69. The minimum absolute atomic E-state index is 0.0889. The Hall–Kier alpha value is -3.40. The van der Waals surface area contributed by atoms with Crippen LogP contribution in [0.5, 0.6) is 11.5 Å². The van der Waals surface area contributed by atoms with Gasteiger partial charge in [0.25, 0.3) is 5.91 Å². The molecule has 2 heterocycles. The van der Waals surface area contributed by atoms with E-state index >= 15 is 0 Å². The third-order valence-corrected chi connectivity index (χ3v) is 6.13. The normalized spacial score (nSPS) is 21.2. The summed E-state index contributed by atoms with van der Waals surface area (Å²) in [7, 11) is 1.29. The Kier molecular flexibility index (Phi) is 5.88. The zero-order chi connectivity index (χ0) is 23.0. The number of Topliss-reactive ketones (excluding diaryl/α,β-unsaturated/α-hetero) is 1. The highest BCUT2D eigenvalue weighted by Gasteiger charge is 2.41. The van der Waals surface area contributed by atoms with Crippen molar-refractivity contribution in [1.82, 2.24) is 10.2 Å². The van der Waals surface area contributed by atoms with Gasteiger partial charge in [0.05, 0.1) is 25.2 Å². The van der Waals surface area contributed by atoms with Crippen LogP contribution < -0.4 is 10.1 Å². The number of allylic oxidation sites excluding steroid dienone is 3. The number of methoxy groups -OCH3 is 1. The van der Waals surface area contributed by atoms with Crippen molar-refractivity contribution in [3.8, 4) is 11.5 Å². The van der Waals surface area contributed by atoms with E-state index in [-0.39, 0.29) is 17.4 Å². The Morgan fingerprint density at radius 1 is 1.31 bits per heavy atom. The average molecular weight is 443 g/mol. The van der Waals surface area contributed by atoms with Crippen LogP contribution in [0.15, 0.2) is 34.7 Å². The van der Waals surface area contributed by atoms with Gasteiger partial charge in [-0.05, 0) is 31.4 Å². The van der Waals surface area contributed by atoms with Crippen LogP contribution in [0.1, 0.15) is 37.7 Å². The summed E-state index contributed by atoms with van der Waals surface area (Å²) < 4.78 is 10.5. The molecule has 170 valence electrons. The van der Waals surface area contributed by atoms with E-state index in [1.54, 1.807) is 11.8 Å². The SMILES string of the molecule is COc1cc(C2C(C(=O)N3CCOCC3)=C(C)NC3=C2C(=O)CCC3)cc([N+](=O)[O-])c1O. The van der Waals surface area contributed by atoms with Crippen molar-refractivity contribution in [2.24, 2.45) is 0 Å². The molecular weight excluding hydrogens is 418 g/mol. The molecule has 2 aliphatic heterocycles. The molecule has 1 atom stereocenters. The molecule has 0 aromatic heterocycles. The highest BCUT2D eigenvalue weighted by Crippen LogP contribution is 2.47. The predicted octanol–water partition coefficient (Wildman–Crippen LogP) is 2.14. The first-order valence-corrected chi connectivity index (χ1v) is 10.5. The Morgan fingerprint density at radius 3 is 2.69 bits per heavy atom. The lowest BCUT2D eigenvalue weighted by atomic mass is 9.74. The molecule has 1 aromatic rings. The van der Waals surface area contributed by atoms with Crippen LogP contribution in [0, 0.1) is 10.1 Å². The van der Waals surface area contributed by atoms with Crippen LogP contribution >= 0.6 is 0 Å². The van der Waals surface area contributed by atoms with Crippen LogP contribution in [0.2, 0.25) is 0 Å². The second-order valence-corrected chi connectivity index (χ2v) is 8.02. The number of benzene rings is 1. The second kappa shape index (κ2) is 8.62. The van der Waals surface area contributed by atoms with Gasteiger partial charge in [0, 0.05) is 54.0 Å². The number of amides is 1. The van der Waals surface area contributed by atoms with Crippen LogP contribution in [0.4, 0.5) is 5.69 Å². The Bertz CT molecular complexity index is 1050. The third kappa shape index (κ3) is 3.70. The molecule has 1 fully saturated rings. The monoisotopic (exact) mass is 443 g/mol. The summed E-state index contributed by atoms with van der Waals surface area (Å²) in [6.45, 7) is 3.45. The lowest BCUT2D eigenvalue weighted by molar-refractivity contribution is -0.386. The highest BCUT2D eigenvalue weighted by molar-refractivity contribution is 6.05. The number of dihydropyridines is 1. The maximum atomic E-state index is 13.6. The van der Waals surface area contributed by atoms with E-state index in [0.717, 1.165) is 5.70 Å². The molecule has 32 heavy (non-hydrogen) atoms. The van der Waals surface area contributed by atoms with Crippen molar-refractivity contribution in [1.29, 1.82) is 0 Å². The molecule has 3 aliphatic rings. The molecule has 0 saturated carbocycles. The number of rotatable bonds is 4. The fourth-order valence-corrected chi connectivity index (χ4v) is 4.61. The topological polar surface area (TPSA) is 131 Å². The highest BCUT2D eigenvalue weighted by atomic mass is 16.6.